The third-order valence-electron chi connectivity index (χ3n) is 3.76. The SMILES string of the molecule is C=CCCCN(C)C(=NCC1Cc2ccccc2O1)NCC. The van der Waals surface area contributed by atoms with E-state index in [1.54, 1.807) is 0 Å². The van der Waals surface area contributed by atoms with Gasteiger partial charge in [0.05, 0.1) is 6.54 Å². The summed E-state index contributed by atoms with van der Waals surface area (Å²) in [6.07, 6.45) is 5.18. The fourth-order valence-electron chi connectivity index (χ4n) is 2.59. The maximum Gasteiger partial charge on any atom is 0.193 e. The fourth-order valence-corrected chi connectivity index (χ4v) is 2.59. The Morgan fingerprint density at radius 1 is 1.50 bits per heavy atom. The molecule has 0 saturated carbocycles. The first-order valence-corrected chi connectivity index (χ1v) is 8.09. The van der Waals surface area contributed by atoms with Gasteiger partial charge in [0, 0.05) is 26.6 Å². The highest BCUT2D eigenvalue weighted by Crippen LogP contribution is 2.28. The lowest BCUT2D eigenvalue weighted by molar-refractivity contribution is 0.241. The van der Waals surface area contributed by atoms with E-state index in [-0.39, 0.29) is 6.10 Å². The van der Waals surface area contributed by atoms with Gasteiger partial charge in [-0.15, -0.1) is 6.58 Å². The van der Waals surface area contributed by atoms with Gasteiger partial charge in [0.2, 0.25) is 0 Å². The second-order valence-electron chi connectivity index (χ2n) is 5.60. The van der Waals surface area contributed by atoms with Crippen molar-refractivity contribution in [2.75, 3.05) is 26.7 Å². The monoisotopic (exact) mass is 301 g/mol. The summed E-state index contributed by atoms with van der Waals surface area (Å²) in [7, 11) is 2.08. The van der Waals surface area contributed by atoms with E-state index in [1.165, 1.54) is 5.56 Å². The lowest BCUT2D eigenvalue weighted by Crippen LogP contribution is -2.40. The normalized spacial score (nSPS) is 16.8. The highest BCUT2D eigenvalue weighted by molar-refractivity contribution is 5.79. The number of allylic oxidation sites excluding steroid dienone is 1. The molecule has 120 valence electrons. The van der Waals surface area contributed by atoms with Gasteiger partial charge in [-0.2, -0.15) is 0 Å². The minimum Gasteiger partial charge on any atom is -0.488 e. The summed E-state index contributed by atoms with van der Waals surface area (Å²) in [5.74, 6) is 1.96. The number of nitrogens with one attached hydrogen (secondary N) is 1. The summed E-state index contributed by atoms with van der Waals surface area (Å²) >= 11 is 0. The lowest BCUT2D eigenvalue weighted by Gasteiger charge is -2.22. The van der Waals surface area contributed by atoms with Crippen molar-refractivity contribution in [2.24, 2.45) is 4.99 Å². The van der Waals surface area contributed by atoms with Crippen LogP contribution in [0.15, 0.2) is 41.9 Å². The van der Waals surface area contributed by atoms with Gasteiger partial charge in [-0.25, -0.2) is 4.99 Å². The van der Waals surface area contributed by atoms with E-state index in [2.05, 4.69) is 42.9 Å². The second kappa shape index (κ2) is 8.47. The van der Waals surface area contributed by atoms with Crippen molar-refractivity contribution >= 4 is 5.96 Å². The average molecular weight is 301 g/mol. The van der Waals surface area contributed by atoms with Gasteiger partial charge in [0.1, 0.15) is 11.9 Å². The molecule has 1 aromatic rings. The number of hydrogen-bond donors (Lipinski definition) is 1. The molecule has 1 atom stereocenters. The number of rotatable bonds is 7. The molecule has 0 fully saturated rings. The molecular weight excluding hydrogens is 274 g/mol. The lowest BCUT2D eigenvalue weighted by atomic mass is 10.1. The third-order valence-corrected chi connectivity index (χ3v) is 3.76. The molecule has 0 spiro atoms. The van der Waals surface area contributed by atoms with Crippen molar-refractivity contribution in [3.63, 3.8) is 0 Å². The van der Waals surface area contributed by atoms with Gasteiger partial charge < -0.3 is 15.0 Å². The molecule has 2 rings (SSSR count). The zero-order valence-corrected chi connectivity index (χ0v) is 13.7. The van der Waals surface area contributed by atoms with E-state index in [4.69, 9.17) is 9.73 Å². The van der Waals surface area contributed by atoms with Gasteiger partial charge >= 0.3 is 0 Å². The Labute approximate surface area is 133 Å². The molecule has 1 aromatic carbocycles. The highest BCUT2D eigenvalue weighted by atomic mass is 16.5. The Kier molecular flexibility index (Phi) is 6.31. The Balaban J connectivity index is 1.89. The van der Waals surface area contributed by atoms with E-state index in [1.807, 2.05) is 18.2 Å². The predicted molar refractivity (Wildman–Crippen MR) is 92.6 cm³/mol. The first-order valence-electron chi connectivity index (χ1n) is 8.09. The second-order valence-corrected chi connectivity index (χ2v) is 5.60. The molecule has 4 nitrogen and oxygen atoms in total. The van der Waals surface area contributed by atoms with E-state index in [9.17, 15) is 0 Å². The molecule has 1 heterocycles. The molecular formula is C18H27N3O. The van der Waals surface area contributed by atoms with Crippen molar-refractivity contribution < 1.29 is 4.74 Å². The summed E-state index contributed by atoms with van der Waals surface area (Å²) in [5, 5.41) is 3.35. The van der Waals surface area contributed by atoms with Crippen LogP contribution in [0.5, 0.6) is 5.75 Å². The first kappa shape index (κ1) is 16.4. The van der Waals surface area contributed by atoms with Crippen LogP contribution in [0.2, 0.25) is 0 Å². The fraction of sp³-hybridized carbons (Fsp3) is 0.500. The van der Waals surface area contributed by atoms with Crippen LogP contribution in [-0.2, 0) is 6.42 Å². The Bertz CT molecular complexity index is 488. The maximum atomic E-state index is 5.95. The summed E-state index contributed by atoms with van der Waals surface area (Å²) < 4.78 is 5.95. The number of benzene rings is 1. The molecule has 4 heteroatoms. The van der Waals surface area contributed by atoms with Gasteiger partial charge in [-0.05, 0) is 31.4 Å². The van der Waals surface area contributed by atoms with Crippen molar-refractivity contribution in [1.29, 1.82) is 0 Å². The summed E-state index contributed by atoms with van der Waals surface area (Å²) in [5.41, 5.74) is 1.28. The number of nitrogens with zero attached hydrogens (tertiary/aromatic N) is 2. The third kappa shape index (κ3) is 4.52. The van der Waals surface area contributed by atoms with Crippen molar-refractivity contribution in [1.82, 2.24) is 10.2 Å². The molecule has 1 aliphatic rings. The minimum absolute atomic E-state index is 0.146. The van der Waals surface area contributed by atoms with E-state index >= 15 is 0 Å². The molecule has 1 unspecified atom stereocenters. The van der Waals surface area contributed by atoms with Gasteiger partial charge in [0.15, 0.2) is 5.96 Å². The summed E-state index contributed by atoms with van der Waals surface area (Å²) in [6, 6.07) is 8.24. The number of hydrogen-bond acceptors (Lipinski definition) is 2. The quantitative estimate of drug-likeness (QED) is 0.364. The average Bonchev–Trinajstić information content (AvgIpc) is 2.94. The van der Waals surface area contributed by atoms with Crippen LogP contribution in [-0.4, -0.2) is 43.6 Å². The van der Waals surface area contributed by atoms with Crippen LogP contribution in [0, 0.1) is 0 Å². The Morgan fingerprint density at radius 2 is 2.32 bits per heavy atom. The number of guanidine groups is 1. The molecule has 1 aliphatic heterocycles. The first-order chi connectivity index (χ1) is 10.7. The largest absolute Gasteiger partial charge is 0.488 e. The van der Waals surface area contributed by atoms with E-state index < -0.39 is 0 Å². The van der Waals surface area contributed by atoms with Gasteiger partial charge in [0.25, 0.3) is 0 Å². The topological polar surface area (TPSA) is 36.9 Å². The van der Waals surface area contributed by atoms with Crippen molar-refractivity contribution in [2.45, 2.75) is 32.3 Å². The van der Waals surface area contributed by atoms with Crippen LogP contribution in [0.4, 0.5) is 0 Å². The molecule has 0 aliphatic carbocycles. The Hall–Kier alpha value is -1.97. The molecule has 0 amide bonds. The zero-order chi connectivity index (χ0) is 15.8. The summed E-state index contributed by atoms with van der Waals surface area (Å²) in [6.45, 7) is 8.39. The minimum atomic E-state index is 0.146. The van der Waals surface area contributed by atoms with Gasteiger partial charge in [-0.1, -0.05) is 24.3 Å². The number of aliphatic imine (C=N–C) groups is 1. The molecule has 0 saturated heterocycles. The number of para-hydroxylation sites is 1. The number of ether oxygens (including phenoxy) is 1. The van der Waals surface area contributed by atoms with Crippen LogP contribution in [0.1, 0.15) is 25.3 Å². The molecule has 0 bridgehead atoms. The van der Waals surface area contributed by atoms with Gasteiger partial charge in [-0.3, -0.25) is 0 Å². The molecule has 1 N–H and O–H groups in total. The smallest absolute Gasteiger partial charge is 0.193 e. The number of unbranched alkanes of at least 4 members (excludes halogenated alkanes) is 1. The Morgan fingerprint density at radius 3 is 3.05 bits per heavy atom. The van der Waals surface area contributed by atoms with Crippen LogP contribution in [0.25, 0.3) is 0 Å². The van der Waals surface area contributed by atoms with Crippen LogP contribution >= 0.6 is 0 Å². The zero-order valence-electron chi connectivity index (χ0n) is 13.7. The molecule has 0 radical (unpaired) electrons. The van der Waals surface area contributed by atoms with Crippen LogP contribution in [0.3, 0.4) is 0 Å². The van der Waals surface area contributed by atoms with Crippen molar-refractivity contribution in [3.8, 4) is 5.75 Å². The molecule has 0 aromatic heterocycles. The van der Waals surface area contributed by atoms with E-state index in [0.29, 0.717) is 6.54 Å². The van der Waals surface area contributed by atoms with Crippen LogP contribution < -0.4 is 10.1 Å². The standard InChI is InChI=1S/C18H27N3O/c1-4-6-9-12-21(3)18(19-5-2)20-14-16-13-15-10-7-8-11-17(15)22-16/h4,7-8,10-11,16H,1,5-6,9,12-14H2,2-3H3,(H,19,20). The predicted octanol–water partition coefficient (Wildman–Crippen LogP) is 2.85. The van der Waals surface area contributed by atoms with E-state index in [0.717, 1.165) is 44.1 Å². The van der Waals surface area contributed by atoms with Crippen molar-refractivity contribution in [3.05, 3.63) is 42.5 Å². The highest BCUT2D eigenvalue weighted by Gasteiger charge is 2.22. The molecule has 22 heavy (non-hydrogen) atoms. The number of fused-ring (bicyclic) bond motifs is 1. The summed E-state index contributed by atoms with van der Waals surface area (Å²) in [4.78, 5) is 6.91. The maximum absolute atomic E-state index is 5.95.